The lowest BCUT2D eigenvalue weighted by molar-refractivity contribution is -0.128. The molecule has 2 heterocycles. The van der Waals surface area contributed by atoms with E-state index in [0.717, 1.165) is 45.3 Å². The van der Waals surface area contributed by atoms with Crippen molar-refractivity contribution in [3.63, 3.8) is 0 Å². The minimum absolute atomic E-state index is 0.00389. The van der Waals surface area contributed by atoms with Gasteiger partial charge in [-0.25, -0.2) is 0 Å². The highest BCUT2D eigenvalue weighted by Gasteiger charge is 2.36. The molecule has 2 saturated heterocycles. The van der Waals surface area contributed by atoms with Gasteiger partial charge >= 0.3 is 0 Å². The van der Waals surface area contributed by atoms with E-state index in [9.17, 15) is 4.79 Å². The Balaban J connectivity index is 1.87. The van der Waals surface area contributed by atoms with Crippen LogP contribution in [0.2, 0.25) is 0 Å². The zero-order valence-corrected chi connectivity index (χ0v) is 13.9. The maximum Gasteiger partial charge on any atom is 0.237 e. The molecule has 2 aliphatic rings. The van der Waals surface area contributed by atoms with E-state index in [-0.39, 0.29) is 23.6 Å². The third-order valence-corrected chi connectivity index (χ3v) is 5.53. The lowest BCUT2D eigenvalue weighted by Crippen LogP contribution is -2.54. The highest BCUT2D eigenvalue weighted by atomic mass is 16.5. The summed E-state index contributed by atoms with van der Waals surface area (Å²) < 4.78 is 5.99. The topological polar surface area (TPSA) is 50.4 Å². The molecule has 4 nitrogen and oxygen atoms in total. The van der Waals surface area contributed by atoms with Crippen molar-refractivity contribution in [1.29, 1.82) is 0 Å². The molecule has 2 aliphatic heterocycles. The van der Waals surface area contributed by atoms with Crippen LogP contribution in [0.3, 0.4) is 0 Å². The van der Waals surface area contributed by atoms with Crippen molar-refractivity contribution in [2.24, 2.45) is 5.92 Å². The Kier molecular flexibility index (Phi) is 6.06. The number of carbonyl (C=O) groups excluding carboxylic acids is 1. The molecule has 0 spiro atoms. The number of amides is 1. The average Bonchev–Trinajstić information content (AvgIpc) is 2.55. The molecule has 21 heavy (non-hydrogen) atoms. The molecule has 2 fully saturated rings. The first-order valence-corrected chi connectivity index (χ1v) is 8.80. The Hall–Kier alpha value is -0.610. The van der Waals surface area contributed by atoms with Crippen LogP contribution in [0.15, 0.2) is 0 Å². The first-order valence-electron chi connectivity index (χ1n) is 8.80. The Morgan fingerprint density at radius 1 is 1.29 bits per heavy atom. The van der Waals surface area contributed by atoms with Crippen molar-refractivity contribution in [2.75, 3.05) is 13.2 Å². The lowest BCUT2D eigenvalue weighted by atomic mass is 9.85. The molecule has 0 aromatic rings. The van der Waals surface area contributed by atoms with E-state index in [1.165, 1.54) is 12.8 Å². The molecule has 1 amide bonds. The number of rotatable bonds is 5. The second-order valence-corrected chi connectivity index (χ2v) is 6.74. The van der Waals surface area contributed by atoms with Crippen LogP contribution in [-0.2, 0) is 9.53 Å². The molecular formula is C17H32N2O2. The Labute approximate surface area is 129 Å². The molecular weight excluding hydrogens is 264 g/mol. The number of piperidine rings is 1. The molecule has 0 saturated carbocycles. The van der Waals surface area contributed by atoms with Crippen molar-refractivity contribution in [2.45, 2.75) is 83.4 Å². The lowest BCUT2D eigenvalue weighted by Gasteiger charge is -2.41. The predicted octanol–water partition coefficient (Wildman–Crippen LogP) is 2.62. The van der Waals surface area contributed by atoms with Gasteiger partial charge in [0.25, 0.3) is 0 Å². The second-order valence-electron chi connectivity index (χ2n) is 6.74. The van der Waals surface area contributed by atoms with Gasteiger partial charge in [-0.3, -0.25) is 4.79 Å². The van der Waals surface area contributed by atoms with Crippen molar-refractivity contribution >= 4 is 5.91 Å². The number of hydrogen-bond acceptors (Lipinski definition) is 3. The summed E-state index contributed by atoms with van der Waals surface area (Å²) >= 11 is 0. The molecule has 0 bridgehead atoms. The third-order valence-electron chi connectivity index (χ3n) is 5.53. The van der Waals surface area contributed by atoms with E-state index in [0.29, 0.717) is 5.92 Å². The molecule has 0 aliphatic carbocycles. The maximum absolute atomic E-state index is 12.5. The highest BCUT2D eigenvalue weighted by molar-refractivity contribution is 5.82. The standard InChI is InChI=1S/C17H32N2O2/c1-4-13-7-9-18-15(11-13)16(20)19-14-8-10-21-17(5-2,6-3)12-14/h13-15,18H,4-12H2,1-3H3,(H,19,20). The van der Waals surface area contributed by atoms with Gasteiger partial charge in [-0.15, -0.1) is 0 Å². The summed E-state index contributed by atoms with van der Waals surface area (Å²) in [5.74, 6) is 0.892. The fourth-order valence-electron chi connectivity index (χ4n) is 3.76. The zero-order valence-electron chi connectivity index (χ0n) is 13.9. The zero-order chi connectivity index (χ0) is 15.3. The normalized spacial score (nSPS) is 32.6. The fraction of sp³-hybridized carbons (Fsp3) is 0.941. The van der Waals surface area contributed by atoms with Gasteiger partial charge in [0.1, 0.15) is 0 Å². The monoisotopic (exact) mass is 296 g/mol. The largest absolute Gasteiger partial charge is 0.375 e. The predicted molar refractivity (Wildman–Crippen MR) is 85.2 cm³/mol. The van der Waals surface area contributed by atoms with Crippen molar-refractivity contribution in [1.82, 2.24) is 10.6 Å². The smallest absolute Gasteiger partial charge is 0.237 e. The number of carbonyl (C=O) groups is 1. The summed E-state index contributed by atoms with van der Waals surface area (Å²) in [7, 11) is 0. The van der Waals surface area contributed by atoms with E-state index in [2.05, 4.69) is 31.4 Å². The molecule has 4 heteroatoms. The third kappa shape index (κ3) is 4.19. The number of nitrogens with one attached hydrogen (secondary N) is 2. The van der Waals surface area contributed by atoms with Crippen LogP contribution in [0.5, 0.6) is 0 Å². The van der Waals surface area contributed by atoms with Gasteiger partial charge in [-0.1, -0.05) is 27.2 Å². The SMILES string of the molecule is CCC1CCNC(C(=O)NC2CCOC(CC)(CC)C2)C1. The Morgan fingerprint density at radius 3 is 2.71 bits per heavy atom. The van der Waals surface area contributed by atoms with Crippen LogP contribution in [0.1, 0.15) is 65.7 Å². The summed E-state index contributed by atoms with van der Waals surface area (Å²) in [5.41, 5.74) is -0.0257. The fourth-order valence-corrected chi connectivity index (χ4v) is 3.76. The quantitative estimate of drug-likeness (QED) is 0.820. The van der Waals surface area contributed by atoms with Gasteiger partial charge in [0.05, 0.1) is 11.6 Å². The van der Waals surface area contributed by atoms with E-state index in [1.807, 2.05) is 0 Å². The second kappa shape index (κ2) is 7.59. The van der Waals surface area contributed by atoms with E-state index < -0.39 is 0 Å². The first kappa shape index (κ1) is 16.8. The van der Waals surface area contributed by atoms with Crippen molar-refractivity contribution < 1.29 is 9.53 Å². The molecule has 0 aromatic carbocycles. The minimum atomic E-state index is -0.0257. The summed E-state index contributed by atoms with van der Waals surface area (Å²) in [6, 6.07) is 0.277. The highest BCUT2D eigenvalue weighted by Crippen LogP contribution is 2.31. The van der Waals surface area contributed by atoms with E-state index >= 15 is 0 Å². The number of hydrogen-bond donors (Lipinski definition) is 2. The molecule has 3 atom stereocenters. The van der Waals surface area contributed by atoms with Gasteiger partial charge < -0.3 is 15.4 Å². The van der Waals surface area contributed by atoms with Gasteiger partial charge in [0, 0.05) is 12.6 Å². The molecule has 0 radical (unpaired) electrons. The molecule has 2 rings (SSSR count). The minimum Gasteiger partial charge on any atom is -0.375 e. The molecule has 122 valence electrons. The Bertz CT molecular complexity index is 342. The van der Waals surface area contributed by atoms with Crippen LogP contribution < -0.4 is 10.6 Å². The van der Waals surface area contributed by atoms with Gasteiger partial charge in [-0.2, -0.15) is 0 Å². The molecule has 2 N–H and O–H groups in total. The average molecular weight is 296 g/mol. The van der Waals surface area contributed by atoms with Crippen LogP contribution in [0.25, 0.3) is 0 Å². The van der Waals surface area contributed by atoms with Crippen LogP contribution >= 0.6 is 0 Å². The van der Waals surface area contributed by atoms with Crippen molar-refractivity contribution in [3.8, 4) is 0 Å². The van der Waals surface area contributed by atoms with Crippen molar-refractivity contribution in [3.05, 3.63) is 0 Å². The van der Waals surface area contributed by atoms with Crippen LogP contribution in [0.4, 0.5) is 0 Å². The van der Waals surface area contributed by atoms with Gasteiger partial charge in [-0.05, 0) is 51.0 Å². The summed E-state index contributed by atoms with van der Waals surface area (Å²) in [6.07, 6.45) is 7.31. The summed E-state index contributed by atoms with van der Waals surface area (Å²) in [6.45, 7) is 8.32. The van der Waals surface area contributed by atoms with E-state index in [1.54, 1.807) is 0 Å². The molecule has 0 aromatic heterocycles. The summed E-state index contributed by atoms with van der Waals surface area (Å²) in [4.78, 5) is 12.5. The van der Waals surface area contributed by atoms with E-state index in [4.69, 9.17) is 4.74 Å². The van der Waals surface area contributed by atoms with Gasteiger partial charge in [0.2, 0.25) is 5.91 Å². The first-order chi connectivity index (χ1) is 10.1. The van der Waals surface area contributed by atoms with Crippen LogP contribution in [0, 0.1) is 5.92 Å². The summed E-state index contributed by atoms with van der Waals surface area (Å²) in [5, 5.41) is 6.65. The van der Waals surface area contributed by atoms with Gasteiger partial charge in [0.15, 0.2) is 0 Å². The molecule has 3 unspecified atom stereocenters. The maximum atomic E-state index is 12.5. The number of ether oxygens (including phenoxy) is 1. The Morgan fingerprint density at radius 2 is 2.05 bits per heavy atom. The van der Waals surface area contributed by atoms with Crippen LogP contribution in [-0.4, -0.2) is 36.7 Å².